The zero-order chi connectivity index (χ0) is 29.1. The van der Waals surface area contributed by atoms with Crippen molar-refractivity contribution in [3.8, 4) is 23.0 Å². The summed E-state index contributed by atoms with van der Waals surface area (Å²) in [6.07, 6.45) is 0. The molecule has 0 bridgehead atoms. The van der Waals surface area contributed by atoms with E-state index < -0.39 is 11.9 Å². The van der Waals surface area contributed by atoms with Gasteiger partial charge in [-0.3, -0.25) is 9.59 Å². The number of nitrogens with zero attached hydrogens (tertiary/aromatic N) is 3. The molecule has 2 aliphatic heterocycles. The van der Waals surface area contributed by atoms with Crippen LogP contribution in [0.2, 0.25) is 0 Å². The first-order chi connectivity index (χ1) is 20.4. The third-order valence-corrected chi connectivity index (χ3v) is 7.55. The topological polar surface area (TPSA) is 112 Å². The van der Waals surface area contributed by atoms with Crippen LogP contribution in [0.3, 0.4) is 0 Å². The van der Waals surface area contributed by atoms with Gasteiger partial charge in [0, 0.05) is 29.7 Å². The highest BCUT2D eigenvalue weighted by Gasteiger charge is 2.33. The largest absolute Gasteiger partial charge is 0.454 e. The second-order valence-corrected chi connectivity index (χ2v) is 10.7. The summed E-state index contributed by atoms with van der Waals surface area (Å²) >= 11 is 1.24. The summed E-state index contributed by atoms with van der Waals surface area (Å²) in [5.74, 6) is 1.62. The van der Waals surface area contributed by atoms with E-state index in [0.717, 1.165) is 17.0 Å². The van der Waals surface area contributed by atoms with Crippen molar-refractivity contribution in [3.63, 3.8) is 0 Å². The molecule has 10 nitrogen and oxygen atoms in total. The molecule has 0 saturated carbocycles. The average molecular weight is 585 g/mol. The molecule has 0 radical (unpaired) electrons. The number of ether oxygens (including phenoxy) is 4. The molecule has 0 aliphatic carbocycles. The minimum Gasteiger partial charge on any atom is -0.454 e. The number of aromatic nitrogens is 2. The molecule has 1 N–H and O–H groups in total. The van der Waals surface area contributed by atoms with Crippen molar-refractivity contribution in [1.82, 2.24) is 14.9 Å². The zero-order valence-corrected chi connectivity index (χ0v) is 23.8. The molecule has 4 aromatic rings. The molecule has 0 fully saturated rings. The van der Waals surface area contributed by atoms with Gasteiger partial charge in [0.05, 0.1) is 5.75 Å². The van der Waals surface area contributed by atoms with E-state index in [1.54, 1.807) is 41.3 Å². The number of thioether (sulfide) groups is 1. The summed E-state index contributed by atoms with van der Waals surface area (Å²) in [7, 11) is 0. The lowest BCUT2D eigenvalue weighted by molar-refractivity contribution is -0.137. The van der Waals surface area contributed by atoms with E-state index in [0.29, 0.717) is 39.4 Å². The molecular formula is C31H28N4O6S. The van der Waals surface area contributed by atoms with Crippen molar-refractivity contribution in [1.29, 1.82) is 0 Å². The van der Waals surface area contributed by atoms with Crippen molar-refractivity contribution in [2.24, 2.45) is 0 Å². The van der Waals surface area contributed by atoms with Gasteiger partial charge in [0.25, 0.3) is 5.91 Å². The third kappa shape index (κ3) is 6.10. The summed E-state index contributed by atoms with van der Waals surface area (Å²) in [5, 5.41) is 3.48. The molecule has 1 atom stereocenters. The Bertz CT molecular complexity index is 1610. The number of amides is 2. The second kappa shape index (κ2) is 12.0. The Morgan fingerprint density at radius 1 is 0.833 bits per heavy atom. The Kier molecular flexibility index (Phi) is 7.83. The predicted octanol–water partition coefficient (Wildman–Crippen LogP) is 5.05. The van der Waals surface area contributed by atoms with E-state index in [4.69, 9.17) is 18.9 Å². The van der Waals surface area contributed by atoms with Crippen LogP contribution in [0.15, 0.2) is 78.0 Å². The molecule has 0 saturated heterocycles. The molecule has 3 aromatic carbocycles. The fourth-order valence-corrected chi connectivity index (χ4v) is 5.65. The highest BCUT2D eigenvalue weighted by molar-refractivity contribution is 7.99. The van der Waals surface area contributed by atoms with Crippen LogP contribution >= 0.6 is 11.8 Å². The predicted molar refractivity (Wildman–Crippen MR) is 156 cm³/mol. The van der Waals surface area contributed by atoms with Gasteiger partial charge in [-0.05, 0) is 55.3 Å². The van der Waals surface area contributed by atoms with Gasteiger partial charge < -0.3 is 29.2 Å². The third-order valence-electron chi connectivity index (χ3n) is 6.72. The highest BCUT2D eigenvalue weighted by Crippen LogP contribution is 2.38. The number of rotatable bonds is 9. The summed E-state index contributed by atoms with van der Waals surface area (Å²) in [6.45, 7) is 4.18. The molecule has 3 heterocycles. The number of anilines is 1. The zero-order valence-electron chi connectivity index (χ0n) is 23.0. The fraction of sp³-hybridized carbons (Fsp3) is 0.226. The van der Waals surface area contributed by atoms with Crippen LogP contribution in [0.1, 0.15) is 28.6 Å². The summed E-state index contributed by atoms with van der Waals surface area (Å²) in [4.78, 5) is 38.7. The number of carbonyl (C=O) groups is 2. The van der Waals surface area contributed by atoms with Crippen LogP contribution in [-0.2, 0) is 16.1 Å². The fourth-order valence-electron chi connectivity index (χ4n) is 4.81. The maximum absolute atomic E-state index is 14.1. The van der Waals surface area contributed by atoms with Gasteiger partial charge in [0.1, 0.15) is 6.04 Å². The maximum Gasteiger partial charge on any atom is 0.251 e. The normalized spacial score (nSPS) is 13.5. The minimum absolute atomic E-state index is 0.0358. The molecule has 214 valence electrons. The number of benzene rings is 3. The van der Waals surface area contributed by atoms with E-state index in [9.17, 15) is 9.59 Å². The molecule has 0 unspecified atom stereocenters. The van der Waals surface area contributed by atoms with Crippen LogP contribution < -0.4 is 24.3 Å². The van der Waals surface area contributed by atoms with Crippen molar-refractivity contribution < 1.29 is 28.5 Å². The van der Waals surface area contributed by atoms with E-state index in [1.807, 2.05) is 50.2 Å². The van der Waals surface area contributed by atoms with Crippen LogP contribution in [0, 0.1) is 13.8 Å². The molecule has 0 spiro atoms. The number of nitrogens with one attached hydrogen (secondary N) is 1. The van der Waals surface area contributed by atoms with Crippen molar-refractivity contribution in [2.75, 3.05) is 24.7 Å². The highest BCUT2D eigenvalue weighted by atomic mass is 32.2. The first-order valence-corrected chi connectivity index (χ1v) is 14.3. The first-order valence-electron chi connectivity index (χ1n) is 13.3. The molecule has 1 aromatic heterocycles. The minimum atomic E-state index is -1.00. The number of hydrogen-bond donors (Lipinski definition) is 1. The maximum atomic E-state index is 14.1. The first kappa shape index (κ1) is 27.4. The lowest BCUT2D eigenvalue weighted by Gasteiger charge is -2.31. The standard InChI is InChI=1S/C31H28N4O6S/c1-19-12-20(2)33-31(32-19)42-16-28(36)35(15-21-6-4-3-5-7-21)29(22-8-10-24-26(13-22)40-17-38-24)30(37)34-23-9-11-25-27(14-23)41-18-39-25/h3-14,29H,15-18H2,1-2H3,(H,34,37)/t29-/m0/s1. The summed E-state index contributed by atoms with van der Waals surface area (Å²) < 4.78 is 22.0. The Balaban J connectivity index is 1.35. The van der Waals surface area contributed by atoms with Gasteiger partial charge >= 0.3 is 0 Å². The number of hydrogen-bond acceptors (Lipinski definition) is 9. The van der Waals surface area contributed by atoms with E-state index in [-0.39, 0.29) is 31.8 Å². The Hall–Kier alpha value is -4.77. The monoisotopic (exact) mass is 584 g/mol. The van der Waals surface area contributed by atoms with E-state index in [1.165, 1.54) is 11.8 Å². The van der Waals surface area contributed by atoms with E-state index >= 15 is 0 Å². The van der Waals surface area contributed by atoms with Gasteiger partial charge in [-0.15, -0.1) is 0 Å². The average Bonchev–Trinajstić information content (AvgIpc) is 3.65. The van der Waals surface area contributed by atoms with Crippen molar-refractivity contribution in [2.45, 2.75) is 31.6 Å². The molecule has 42 heavy (non-hydrogen) atoms. The van der Waals surface area contributed by atoms with Gasteiger partial charge in [-0.25, -0.2) is 9.97 Å². The Morgan fingerprint density at radius 2 is 1.48 bits per heavy atom. The lowest BCUT2D eigenvalue weighted by Crippen LogP contribution is -2.41. The lowest BCUT2D eigenvalue weighted by atomic mass is 10.0. The van der Waals surface area contributed by atoms with Crippen LogP contribution in [0.4, 0.5) is 5.69 Å². The second-order valence-electron chi connectivity index (χ2n) is 9.80. The Morgan fingerprint density at radius 3 is 2.19 bits per heavy atom. The smallest absolute Gasteiger partial charge is 0.251 e. The molecule has 2 amide bonds. The quantitative estimate of drug-likeness (QED) is 0.213. The number of carbonyl (C=O) groups excluding carboxylic acids is 2. The van der Waals surface area contributed by atoms with Crippen LogP contribution in [0.25, 0.3) is 0 Å². The molecular weight excluding hydrogens is 556 g/mol. The van der Waals surface area contributed by atoms with Crippen LogP contribution in [0.5, 0.6) is 23.0 Å². The van der Waals surface area contributed by atoms with Crippen molar-refractivity contribution >= 4 is 29.3 Å². The van der Waals surface area contributed by atoms with Gasteiger partial charge in [0.15, 0.2) is 28.2 Å². The summed E-state index contributed by atoms with van der Waals surface area (Å²) in [5.41, 5.74) is 3.61. The molecule has 11 heteroatoms. The van der Waals surface area contributed by atoms with Crippen molar-refractivity contribution in [3.05, 3.63) is 95.3 Å². The van der Waals surface area contributed by atoms with Gasteiger partial charge in [-0.1, -0.05) is 48.2 Å². The van der Waals surface area contributed by atoms with Gasteiger partial charge in [0.2, 0.25) is 19.5 Å². The van der Waals surface area contributed by atoms with E-state index in [2.05, 4.69) is 15.3 Å². The molecule has 2 aliphatic rings. The SMILES string of the molecule is Cc1cc(C)nc(SCC(=O)N(Cc2ccccc2)[C@H](C(=O)Nc2ccc3c(c2)OCO3)c2ccc3c(c2)OCO3)n1. The van der Waals surface area contributed by atoms with Crippen LogP contribution in [-0.4, -0.2) is 46.0 Å². The summed E-state index contributed by atoms with van der Waals surface area (Å²) in [6, 6.07) is 20.9. The molecule has 6 rings (SSSR count). The van der Waals surface area contributed by atoms with Gasteiger partial charge in [-0.2, -0.15) is 0 Å². The number of aryl methyl sites for hydroxylation is 2. The number of fused-ring (bicyclic) bond motifs is 2. The Labute approximate surface area is 247 Å².